The average molecular weight is 359 g/mol. The minimum atomic E-state index is 0.901. The molecule has 0 aliphatic rings. The van der Waals surface area contributed by atoms with Crippen LogP contribution < -0.4 is 4.74 Å². The number of hydrogen-bond donors (Lipinski definition) is 0. The predicted octanol–water partition coefficient (Wildman–Crippen LogP) is 7.11. The maximum atomic E-state index is 6.12. The Morgan fingerprint density at radius 1 is 0.481 bits per heavy atom. The molecule has 3 aromatic rings. The second kappa shape index (κ2) is 8.00. The molecule has 3 rings (SSSR count). The summed E-state index contributed by atoms with van der Waals surface area (Å²) in [5, 5.41) is 0. The van der Waals surface area contributed by atoms with Gasteiger partial charge in [0.25, 0.3) is 0 Å². The van der Waals surface area contributed by atoms with Crippen molar-refractivity contribution in [3.05, 3.63) is 93.0 Å². The third-order valence-corrected chi connectivity index (χ3v) is 5.65. The molecule has 27 heavy (non-hydrogen) atoms. The minimum Gasteiger partial charge on any atom is -0.457 e. The molecular formula is C26H30O. The van der Waals surface area contributed by atoms with Crippen LogP contribution in [0.2, 0.25) is 0 Å². The van der Waals surface area contributed by atoms with Gasteiger partial charge in [-0.15, -0.1) is 0 Å². The van der Waals surface area contributed by atoms with Gasteiger partial charge in [0.1, 0.15) is 11.5 Å². The lowest BCUT2D eigenvalue weighted by molar-refractivity contribution is 0.481. The van der Waals surface area contributed by atoms with E-state index in [0.717, 1.165) is 24.3 Å². The third-order valence-electron chi connectivity index (χ3n) is 5.65. The SMILES string of the molecule is Cc1ccc(Oc2ccc(C)c(CCc3cc(C)c(C)cc3C)c2)cc1C. The standard InChI is InChI=1S/C26H30O/c1-17-7-11-25(15-21(17)5)27-26-12-8-18(2)24(16-26)10-9-23-14-20(4)19(3)13-22(23)6/h7-8,11-16H,9-10H2,1-6H3. The van der Waals surface area contributed by atoms with Gasteiger partial charge in [-0.3, -0.25) is 0 Å². The fourth-order valence-electron chi connectivity index (χ4n) is 3.45. The first-order chi connectivity index (χ1) is 12.8. The van der Waals surface area contributed by atoms with Gasteiger partial charge in [0.15, 0.2) is 0 Å². The fourth-order valence-corrected chi connectivity index (χ4v) is 3.45. The summed E-state index contributed by atoms with van der Waals surface area (Å²) in [6, 6.07) is 17.3. The van der Waals surface area contributed by atoms with E-state index in [1.54, 1.807) is 0 Å². The van der Waals surface area contributed by atoms with Crippen molar-refractivity contribution in [2.24, 2.45) is 0 Å². The van der Waals surface area contributed by atoms with Crippen LogP contribution in [0.4, 0.5) is 0 Å². The Labute approximate surface area is 164 Å². The average Bonchev–Trinajstić information content (AvgIpc) is 2.62. The zero-order valence-corrected chi connectivity index (χ0v) is 17.4. The number of benzene rings is 3. The Morgan fingerprint density at radius 3 is 1.67 bits per heavy atom. The largest absolute Gasteiger partial charge is 0.457 e. The summed E-state index contributed by atoms with van der Waals surface area (Å²) in [5.41, 5.74) is 10.8. The Balaban J connectivity index is 1.77. The first kappa shape index (κ1) is 19.2. The predicted molar refractivity (Wildman–Crippen MR) is 115 cm³/mol. The van der Waals surface area contributed by atoms with Crippen LogP contribution in [0.3, 0.4) is 0 Å². The van der Waals surface area contributed by atoms with E-state index in [2.05, 4.69) is 84.0 Å². The van der Waals surface area contributed by atoms with Crippen molar-refractivity contribution in [2.75, 3.05) is 0 Å². The van der Waals surface area contributed by atoms with E-state index in [-0.39, 0.29) is 0 Å². The molecule has 3 aromatic carbocycles. The summed E-state index contributed by atoms with van der Waals surface area (Å²) in [5.74, 6) is 1.81. The van der Waals surface area contributed by atoms with Gasteiger partial charge in [0.05, 0.1) is 0 Å². The van der Waals surface area contributed by atoms with Crippen LogP contribution in [-0.4, -0.2) is 0 Å². The lowest BCUT2D eigenvalue weighted by Crippen LogP contribution is -1.99. The van der Waals surface area contributed by atoms with Crippen LogP contribution in [0.25, 0.3) is 0 Å². The lowest BCUT2D eigenvalue weighted by atomic mass is 9.95. The zero-order chi connectivity index (χ0) is 19.6. The molecule has 0 heterocycles. The summed E-state index contributed by atoms with van der Waals surface area (Å²) in [6.45, 7) is 13.0. The first-order valence-corrected chi connectivity index (χ1v) is 9.75. The van der Waals surface area contributed by atoms with Crippen molar-refractivity contribution in [3.8, 4) is 11.5 Å². The molecule has 0 unspecified atom stereocenters. The number of rotatable bonds is 5. The van der Waals surface area contributed by atoms with Crippen molar-refractivity contribution in [1.82, 2.24) is 0 Å². The van der Waals surface area contributed by atoms with Crippen LogP contribution >= 0.6 is 0 Å². The Kier molecular flexibility index (Phi) is 5.70. The Bertz CT molecular complexity index is 966. The maximum Gasteiger partial charge on any atom is 0.127 e. The molecule has 0 atom stereocenters. The second-order valence-electron chi connectivity index (χ2n) is 7.80. The molecule has 1 nitrogen and oxygen atoms in total. The van der Waals surface area contributed by atoms with Crippen LogP contribution in [-0.2, 0) is 12.8 Å². The topological polar surface area (TPSA) is 9.23 Å². The van der Waals surface area contributed by atoms with Crippen molar-refractivity contribution in [2.45, 2.75) is 54.4 Å². The molecule has 0 aliphatic carbocycles. The van der Waals surface area contributed by atoms with E-state index in [1.807, 2.05) is 6.07 Å². The van der Waals surface area contributed by atoms with Crippen molar-refractivity contribution in [3.63, 3.8) is 0 Å². The normalized spacial score (nSPS) is 10.9. The van der Waals surface area contributed by atoms with E-state index in [4.69, 9.17) is 4.74 Å². The van der Waals surface area contributed by atoms with E-state index >= 15 is 0 Å². The van der Waals surface area contributed by atoms with Gasteiger partial charge in [-0.2, -0.15) is 0 Å². The van der Waals surface area contributed by atoms with Gasteiger partial charge < -0.3 is 4.74 Å². The van der Waals surface area contributed by atoms with E-state index in [1.165, 1.54) is 44.5 Å². The molecule has 0 aliphatic heterocycles. The highest BCUT2D eigenvalue weighted by molar-refractivity contribution is 5.42. The summed E-state index contributed by atoms with van der Waals surface area (Å²) >= 11 is 0. The van der Waals surface area contributed by atoms with Gasteiger partial charge in [0, 0.05) is 0 Å². The fraction of sp³-hybridized carbons (Fsp3) is 0.308. The van der Waals surface area contributed by atoms with Crippen molar-refractivity contribution >= 4 is 0 Å². The quantitative estimate of drug-likeness (QED) is 0.472. The van der Waals surface area contributed by atoms with Gasteiger partial charge in [-0.05, 0) is 123 Å². The Morgan fingerprint density at radius 2 is 1.00 bits per heavy atom. The molecule has 0 saturated carbocycles. The zero-order valence-electron chi connectivity index (χ0n) is 17.4. The summed E-state index contributed by atoms with van der Waals surface area (Å²) < 4.78 is 6.12. The number of ether oxygens (including phenoxy) is 1. The Hall–Kier alpha value is -2.54. The minimum absolute atomic E-state index is 0.901. The molecule has 0 N–H and O–H groups in total. The highest BCUT2D eigenvalue weighted by Gasteiger charge is 2.07. The van der Waals surface area contributed by atoms with E-state index < -0.39 is 0 Å². The van der Waals surface area contributed by atoms with Crippen LogP contribution in [0.1, 0.15) is 44.5 Å². The molecule has 0 saturated heterocycles. The summed E-state index contributed by atoms with van der Waals surface area (Å²) in [7, 11) is 0. The number of hydrogen-bond acceptors (Lipinski definition) is 1. The maximum absolute atomic E-state index is 6.12. The highest BCUT2D eigenvalue weighted by Crippen LogP contribution is 2.27. The molecule has 0 fully saturated rings. The van der Waals surface area contributed by atoms with Gasteiger partial charge in [-0.1, -0.05) is 24.3 Å². The van der Waals surface area contributed by atoms with Crippen molar-refractivity contribution < 1.29 is 4.74 Å². The van der Waals surface area contributed by atoms with Gasteiger partial charge >= 0.3 is 0 Å². The first-order valence-electron chi connectivity index (χ1n) is 9.75. The number of aryl methyl sites for hydroxylation is 8. The molecule has 0 amide bonds. The lowest BCUT2D eigenvalue weighted by Gasteiger charge is -2.13. The molecule has 0 aromatic heterocycles. The van der Waals surface area contributed by atoms with Gasteiger partial charge in [0.2, 0.25) is 0 Å². The molecular weight excluding hydrogens is 328 g/mol. The van der Waals surface area contributed by atoms with Crippen LogP contribution in [0, 0.1) is 41.5 Å². The van der Waals surface area contributed by atoms with Crippen molar-refractivity contribution in [1.29, 1.82) is 0 Å². The summed E-state index contributed by atoms with van der Waals surface area (Å²) in [6.07, 6.45) is 2.08. The second-order valence-corrected chi connectivity index (χ2v) is 7.80. The molecule has 140 valence electrons. The molecule has 1 heteroatoms. The summed E-state index contributed by atoms with van der Waals surface area (Å²) in [4.78, 5) is 0. The highest BCUT2D eigenvalue weighted by atomic mass is 16.5. The molecule has 0 radical (unpaired) electrons. The smallest absolute Gasteiger partial charge is 0.127 e. The van der Waals surface area contributed by atoms with E-state index in [0.29, 0.717) is 0 Å². The van der Waals surface area contributed by atoms with E-state index in [9.17, 15) is 0 Å². The monoisotopic (exact) mass is 358 g/mol. The third kappa shape index (κ3) is 4.60. The van der Waals surface area contributed by atoms with Crippen LogP contribution in [0.5, 0.6) is 11.5 Å². The van der Waals surface area contributed by atoms with Crippen LogP contribution in [0.15, 0.2) is 48.5 Å². The molecule has 0 spiro atoms. The van der Waals surface area contributed by atoms with Gasteiger partial charge in [-0.25, -0.2) is 0 Å². The molecule has 0 bridgehead atoms.